The van der Waals surface area contributed by atoms with E-state index in [1.165, 1.54) is 12.1 Å². The van der Waals surface area contributed by atoms with Crippen molar-refractivity contribution in [3.63, 3.8) is 0 Å². The molecule has 0 spiro atoms. The number of nitrogens with zero attached hydrogens (tertiary/aromatic N) is 3. The molecule has 5 heteroatoms. The van der Waals surface area contributed by atoms with Crippen molar-refractivity contribution < 1.29 is 4.39 Å². The summed E-state index contributed by atoms with van der Waals surface area (Å²) in [7, 11) is 1.89. The third kappa shape index (κ3) is 2.42. The number of hydrogen-bond acceptors (Lipinski definition) is 3. The summed E-state index contributed by atoms with van der Waals surface area (Å²) in [5, 5.41) is 11.9. The second-order valence-corrected chi connectivity index (χ2v) is 3.61. The van der Waals surface area contributed by atoms with Crippen LogP contribution in [0.2, 0.25) is 0 Å². The van der Waals surface area contributed by atoms with Crippen molar-refractivity contribution in [2.24, 2.45) is 7.05 Å². The topological polar surface area (TPSA) is 53.6 Å². The molecule has 17 heavy (non-hydrogen) atoms. The quantitative estimate of drug-likeness (QED) is 0.877. The Labute approximate surface area is 98.3 Å². The van der Waals surface area contributed by atoms with Crippen molar-refractivity contribution in [2.45, 2.75) is 6.54 Å². The van der Waals surface area contributed by atoms with Gasteiger partial charge in [0.1, 0.15) is 17.7 Å². The molecule has 2 rings (SSSR count). The first kappa shape index (κ1) is 11.1. The number of benzene rings is 1. The molecule has 0 bridgehead atoms. The Morgan fingerprint density at radius 2 is 2.35 bits per heavy atom. The third-order valence-electron chi connectivity index (χ3n) is 2.46. The maximum atomic E-state index is 12.9. The Kier molecular flexibility index (Phi) is 3.06. The minimum Gasteiger partial charge on any atom is -0.377 e. The van der Waals surface area contributed by atoms with Gasteiger partial charge in [0.15, 0.2) is 0 Å². The summed E-state index contributed by atoms with van der Waals surface area (Å²) in [6.45, 7) is 0.490. The largest absolute Gasteiger partial charge is 0.377 e. The van der Waals surface area contributed by atoms with E-state index in [9.17, 15) is 4.39 Å². The van der Waals surface area contributed by atoms with Gasteiger partial charge in [0, 0.05) is 19.4 Å². The molecule has 0 saturated carbocycles. The van der Waals surface area contributed by atoms with Gasteiger partial charge in [-0.15, -0.1) is 0 Å². The molecule has 0 fully saturated rings. The zero-order valence-corrected chi connectivity index (χ0v) is 9.31. The van der Waals surface area contributed by atoms with Gasteiger partial charge in [-0.25, -0.2) is 9.37 Å². The fraction of sp³-hybridized carbons (Fsp3) is 0.167. The lowest BCUT2D eigenvalue weighted by molar-refractivity contribution is 0.627. The normalized spacial score (nSPS) is 9.94. The number of imidazole rings is 1. The maximum absolute atomic E-state index is 12.9. The summed E-state index contributed by atoms with van der Waals surface area (Å²) in [5.74, 6) is 0.433. The average Bonchev–Trinajstić information content (AvgIpc) is 2.73. The molecule has 0 atom stereocenters. The highest BCUT2D eigenvalue weighted by molar-refractivity contribution is 5.57. The summed E-state index contributed by atoms with van der Waals surface area (Å²) >= 11 is 0. The van der Waals surface area contributed by atoms with E-state index in [2.05, 4.69) is 10.3 Å². The van der Waals surface area contributed by atoms with E-state index in [-0.39, 0.29) is 0 Å². The van der Waals surface area contributed by atoms with Gasteiger partial charge in [0.05, 0.1) is 17.8 Å². The standard InChI is InChI=1S/C12H11FN4/c1-17-5-4-15-12(17)8-16-11-3-2-10(13)6-9(11)7-14/h2-6,16H,8H2,1H3. The van der Waals surface area contributed by atoms with Crippen molar-refractivity contribution in [1.82, 2.24) is 9.55 Å². The van der Waals surface area contributed by atoms with Crippen LogP contribution in [0.15, 0.2) is 30.6 Å². The van der Waals surface area contributed by atoms with Crippen LogP contribution in [-0.2, 0) is 13.6 Å². The second-order valence-electron chi connectivity index (χ2n) is 3.61. The Morgan fingerprint density at radius 1 is 1.53 bits per heavy atom. The van der Waals surface area contributed by atoms with E-state index in [0.29, 0.717) is 17.8 Å². The van der Waals surface area contributed by atoms with Gasteiger partial charge in [0.25, 0.3) is 0 Å². The molecule has 0 aliphatic carbocycles. The summed E-state index contributed by atoms with van der Waals surface area (Å²) in [4.78, 5) is 4.15. The van der Waals surface area contributed by atoms with E-state index in [1.54, 1.807) is 12.3 Å². The Morgan fingerprint density at radius 3 is 3.00 bits per heavy atom. The van der Waals surface area contributed by atoms with E-state index < -0.39 is 5.82 Å². The minimum absolute atomic E-state index is 0.291. The van der Waals surface area contributed by atoms with Crippen LogP contribution < -0.4 is 5.32 Å². The highest BCUT2D eigenvalue weighted by Crippen LogP contribution is 2.16. The number of halogens is 1. The molecule has 4 nitrogen and oxygen atoms in total. The van der Waals surface area contributed by atoms with E-state index in [0.717, 1.165) is 5.82 Å². The van der Waals surface area contributed by atoms with Gasteiger partial charge >= 0.3 is 0 Å². The summed E-state index contributed by atoms with van der Waals surface area (Å²) in [6, 6.07) is 6.03. The first-order valence-electron chi connectivity index (χ1n) is 5.10. The number of aromatic nitrogens is 2. The average molecular weight is 230 g/mol. The van der Waals surface area contributed by atoms with Crippen molar-refractivity contribution in [1.29, 1.82) is 5.26 Å². The molecular weight excluding hydrogens is 219 g/mol. The van der Waals surface area contributed by atoms with E-state index in [4.69, 9.17) is 5.26 Å². The van der Waals surface area contributed by atoms with Crippen LogP contribution in [0.5, 0.6) is 0 Å². The number of hydrogen-bond donors (Lipinski definition) is 1. The number of nitriles is 1. The first-order valence-corrected chi connectivity index (χ1v) is 5.10. The molecule has 1 heterocycles. The number of nitrogens with one attached hydrogen (secondary N) is 1. The van der Waals surface area contributed by atoms with Crippen molar-refractivity contribution in [2.75, 3.05) is 5.32 Å². The van der Waals surface area contributed by atoms with E-state index >= 15 is 0 Å². The zero-order chi connectivity index (χ0) is 12.3. The van der Waals surface area contributed by atoms with Gasteiger partial charge in [0.2, 0.25) is 0 Å². The molecular formula is C12H11FN4. The highest BCUT2D eigenvalue weighted by Gasteiger charge is 2.04. The van der Waals surface area contributed by atoms with Crippen LogP contribution in [0.3, 0.4) is 0 Å². The molecule has 0 aliphatic rings. The predicted octanol–water partition coefficient (Wildman–Crippen LogP) is 2.04. The maximum Gasteiger partial charge on any atom is 0.127 e. The van der Waals surface area contributed by atoms with Crippen LogP contribution in [-0.4, -0.2) is 9.55 Å². The lowest BCUT2D eigenvalue weighted by Gasteiger charge is -2.08. The monoisotopic (exact) mass is 230 g/mol. The highest BCUT2D eigenvalue weighted by atomic mass is 19.1. The third-order valence-corrected chi connectivity index (χ3v) is 2.46. The van der Waals surface area contributed by atoms with Crippen LogP contribution in [0.25, 0.3) is 0 Å². The summed E-state index contributed by atoms with van der Waals surface area (Å²) in [6.07, 6.45) is 3.54. The van der Waals surface area contributed by atoms with E-state index in [1.807, 2.05) is 23.9 Å². The van der Waals surface area contributed by atoms with Crippen LogP contribution >= 0.6 is 0 Å². The van der Waals surface area contributed by atoms with Gasteiger partial charge < -0.3 is 9.88 Å². The molecule has 0 aliphatic heterocycles. The molecule has 0 amide bonds. The number of anilines is 1. The molecule has 86 valence electrons. The first-order chi connectivity index (χ1) is 8.20. The summed E-state index contributed by atoms with van der Waals surface area (Å²) in [5.41, 5.74) is 0.899. The van der Waals surface area contributed by atoms with Crippen LogP contribution in [0.1, 0.15) is 11.4 Å². The Balaban J connectivity index is 2.15. The van der Waals surface area contributed by atoms with Crippen molar-refractivity contribution in [3.05, 3.63) is 47.8 Å². The molecule has 0 radical (unpaired) electrons. The fourth-order valence-corrected chi connectivity index (χ4v) is 1.50. The zero-order valence-electron chi connectivity index (χ0n) is 9.31. The van der Waals surface area contributed by atoms with Gasteiger partial charge in [-0.1, -0.05) is 0 Å². The van der Waals surface area contributed by atoms with Gasteiger partial charge in [-0.05, 0) is 18.2 Å². The predicted molar refractivity (Wildman–Crippen MR) is 61.6 cm³/mol. The van der Waals surface area contributed by atoms with Crippen LogP contribution in [0.4, 0.5) is 10.1 Å². The van der Waals surface area contributed by atoms with Gasteiger partial charge in [-0.2, -0.15) is 5.26 Å². The van der Waals surface area contributed by atoms with Gasteiger partial charge in [-0.3, -0.25) is 0 Å². The lowest BCUT2D eigenvalue weighted by atomic mass is 10.2. The Hall–Kier alpha value is -2.35. The van der Waals surface area contributed by atoms with Crippen molar-refractivity contribution in [3.8, 4) is 6.07 Å². The molecule has 0 saturated heterocycles. The SMILES string of the molecule is Cn1ccnc1CNc1ccc(F)cc1C#N. The number of rotatable bonds is 3. The summed E-state index contributed by atoms with van der Waals surface area (Å²) < 4.78 is 14.8. The smallest absolute Gasteiger partial charge is 0.127 e. The minimum atomic E-state index is -0.413. The molecule has 2 aromatic rings. The fourth-order valence-electron chi connectivity index (χ4n) is 1.50. The number of aryl methyl sites for hydroxylation is 1. The van der Waals surface area contributed by atoms with Crippen molar-refractivity contribution >= 4 is 5.69 Å². The molecule has 1 N–H and O–H groups in total. The molecule has 1 aromatic heterocycles. The molecule has 0 unspecified atom stereocenters. The Bertz CT molecular complexity index is 568. The molecule has 1 aromatic carbocycles. The lowest BCUT2D eigenvalue weighted by Crippen LogP contribution is -2.06. The van der Waals surface area contributed by atoms with Crippen LogP contribution in [0, 0.1) is 17.1 Å². The second kappa shape index (κ2) is 4.66.